The molecule has 0 aliphatic carbocycles. The summed E-state index contributed by atoms with van der Waals surface area (Å²) in [5.74, 6) is -0.595. The summed E-state index contributed by atoms with van der Waals surface area (Å²) in [6.45, 7) is 4.55. The zero-order chi connectivity index (χ0) is 27.4. The van der Waals surface area contributed by atoms with Crippen molar-refractivity contribution in [3.05, 3.63) is 54.4 Å². The van der Waals surface area contributed by atoms with Gasteiger partial charge in [-0.2, -0.15) is 5.10 Å². The van der Waals surface area contributed by atoms with Gasteiger partial charge < -0.3 is 20.1 Å². The van der Waals surface area contributed by atoms with Gasteiger partial charge in [-0.1, -0.05) is 11.3 Å². The molecular weight excluding hydrogens is 502 g/mol. The molecule has 39 heavy (non-hydrogen) atoms. The number of rotatable bonds is 9. The smallest absolute Gasteiger partial charge is 0.278 e. The number of amides is 2. The average molecular weight is 534 g/mol. The predicted octanol–water partition coefficient (Wildman–Crippen LogP) is 1.76. The molecule has 1 saturated heterocycles. The lowest BCUT2D eigenvalue weighted by Crippen LogP contribution is -2.46. The van der Waals surface area contributed by atoms with Crippen LogP contribution in [-0.2, 0) is 21.3 Å². The Balaban J connectivity index is 1.23. The first-order chi connectivity index (χ1) is 18.9. The van der Waals surface area contributed by atoms with Crippen LogP contribution in [0.4, 0.5) is 11.4 Å². The summed E-state index contributed by atoms with van der Waals surface area (Å²) in [7, 11) is 3.51. The van der Waals surface area contributed by atoms with Crippen LogP contribution in [0.25, 0.3) is 16.6 Å². The van der Waals surface area contributed by atoms with E-state index in [4.69, 9.17) is 9.47 Å². The summed E-state index contributed by atoms with van der Waals surface area (Å²) < 4.78 is 14.1. The van der Waals surface area contributed by atoms with E-state index in [1.54, 1.807) is 54.0 Å². The molecule has 1 unspecified atom stereocenters. The van der Waals surface area contributed by atoms with E-state index in [-0.39, 0.29) is 24.2 Å². The van der Waals surface area contributed by atoms with Crippen molar-refractivity contribution in [2.75, 3.05) is 50.6 Å². The molecule has 1 atom stereocenters. The lowest BCUT2D eigenvalue weighted by Gasteiger charge is -2.32. The third-order valence-electron chi connectivity index (χ3n) is 6.52. The molecule has 0 saturated carbocycles. The maximum absolute atomic E-state index is 13.1. The molecule has 2 amide bonds. The molecule has 5 rings (SSSR count). The van der Waals surface area contributed by atoms with E-state index in [9.17, 15) is 9.59 Å². The number of pyridine rings is 2. The normalized spacial score (nSPS) is 15.9. The maximum atomic E-state index is 13.1. The SMILES string of the molecule is COCCC1CN(CC(=O)Nc2cnc(C)c(NC(=O)c3nnn4cc(-c5cnn(C)c5)ccc34)c2)CCO1. The quantitative estimate of drug-likeness (QED) is 0.329. The average Bonchev–Trinajstić information content (AvgIpc) is 3.55. The molecule has 0 aromatic carbocycles. The molecule has 204 valence electrons. The van der Waals surface area contributed by atoms with Crippen molar-refractivity contribution < 1.29 is 19.1 Å². The zero-order valence-corrected chi connectivity index (χ0v) is 22.1. The lowest BCUT2D eigenvalue weighted by molar-refractivity contribution is -0.119. The van der Waals surface area contributed by atoms with Gasteiger partial charge in [0.1, 0.15) is 0 Å². The van der Waals surface area contributed by atoms with Gasteiger partial charge in [0.25, 0.3) is 5.91 Å². The monoisotopic (exact) mass is 533 g/mol. The van der Waals surface area contributed by atoms with Gasteiger partial charge >= 0.3 is 0 Å². The Bertz CT molecular complexity index is 1480. The Morgan fingerprint density at radius 1 is 1.18 bits per heavy atom. The Labute approximate surface area is 225 Å². The summed E-state index contributed by atoms with van der Waals surface area (Å²) in [6.07, 6.45) is 7.85. The summed E-state index contributed by atoms with van der Waals surface area (Å²) >= 11 is 0. The number of aromatic nitrogens is 6. The molecule has 13 nitrogen and oxygen atoms in total. The molecule has 13 heteroatoms. The first-order valence-electron chi connectivity index (χ1n) is 12.6. The third-order valence-corrected chi connectivity index (χ3v) is 6.52. The summed E-state index contributed by atoms with van der Waals surface area (Å²) in [6, 6.07) is 5.37. The highest BCUT2D eigenvalue weighted by Crippen LogP contribution is 2.22. The number of methoxy groups -OCH3 is 1. The highest BCUT2D eigenvalue weighted by molar-refractivity contribution is 6.08. The zero-order valence-electron chi connectivity index (χ0n) is 22.1. The topological polar surface area (TPSA) is 141 Å². The van der Waals surface area contributed by atoms with E-state index in [1.165, 1.54) is 0 Å². The number of hydrogen-bond acceptors (Lipinski definition) is 9. The minimum atomic E-state index is -0.428. The Hall–Kier alpha value is -4.20. The molecule has 0 bridgehead atoms. The highest BCUT2D eigenvalue weighted by Gasteiger charge is 2.22. The summed E-state index contributed by atoms with van der Waals surface area (Å²) in [5, 5.41) is 18.1. The van der Waals surface area contributed by atoms with Crippen molar-refractivity contribution in [2.24, 2.45) is 7.05 Å². The van der Waals surface area contributed by atoms with E-state index >= 15 is 0 Å². The Morgan fingerprint density at radius 3 is 2.85 bits per heavy atom. The number of carbonyl (C=O) groups is 2. The molecule has 2 N–H and O–H groups in total. The summed E-state index contributed by atoms with van der Waals surface area (Å²) in [4.78, 5) is 32.2. The fourth-order valence-electron chi connectivity index (χ4n) is 4.46. The number of morpholine rings is 1. The molecule has 1 fully saturated rings. The number of anilines is 2. The first kappa shape index (κ1) is 26.4. The van der Waals surface area contributed by atoms with Crippen LogP contribution in [0.1, 0.15) is 22.6 Å². The van der Waals surface area contributed by atoms with Crippen molar-refractivity contribution >= 4 is 28.7 Å². The van der Waals surface area contributed by atoms with Gasteiger partial charge in [-0.15, -0.1) is 5.10 Å². The van der Waals surface area contributed by atoms with Gasteiger partial charge in [-0.25, -0.2) is 4.52 Å². The largest absolute Gasteiger partial charge is 0.385 e. The standard InChI is InChI=1S/C26H31N9O4/c1-17-22(10-20(12-27-17)29-24(36)16-34-7-9-39-21(15-34)6-8-38-3)30-26(37)25-23-5-4-18(14-35(23)32-31-25)19-11-28-33(2)13-19/h4-5,10-14,21H,6-9,15-16H2,1-3H3,(H,29,36)(H,30,37). The van der Waals surface area contributed by atoms with E-state index in [2.05, 4.69) is 35.9 Å². The molecule has 5 heterocycles. The van der Waals surface area contributed by atoms with Crippen LogP contribution in [0.15, 0.2) is 43.0 Å². The van der Waals surface area contributed by atoms with E-state index in [0.717, 1.165) is 17.5 Å². The van der Waals surface area contributed by atoms with Crippen molar-refractivity contribution in [1.29, 1.82) is 0 Å². The second kappa shape index (κ2) is 11.7. The van der Waals surface area contributed by atoms with Crippen LogP contribution in [0.3, 0.4) is 0 Å². The van der Waals surface area contributed by atoms with E-state index < -0.39 is 5.91 Å². The van der Waals surface area contributed by atoms with Crippen molar-refractivity contribution in [1.82, 2.24) is 34.5 Å². The number of ether oxygens (including phenoxy) is 2. The second-order valence-electron chi connectivity index (χ2n) is 9.46. The number of fused-ring (bicyclic) bond motifs is 1. The second-order valence-corrected chi connectivity index (χ2v) is 9.46. The lowest BCUT2D eigenvalue weighted by atomic mass is 10.1. The van der Waals surface area contributed by atoms with Gasteiger partial charge in [0.05, 0.1) is 54.2 Å². The Kier molecular flexibility index (Phi) is 7.91. The van der Waals surface area contributed by atoms with E-state index in [0.29, 0.717) is 48.9 Å². The number of nitrogens with zero attached hydrogens (tertiary/aromatic N) is 7. The van der Waals surface area contributed by atoms with Crippen molar-refractivity contribution in [3.8, 4) is 11.1 Å². The van der Waals surface area contributed by atoms with Crippen molar-refractivity contribution in [3.63, 3.8) is 0 Å². The fourth-order valence-corrected chi connectivity index (χ4v) is 4.46. The van der Waals surface area contributed by atoms with Crippen LogP contribution in [0.2, 0.25) is 0 Å². The van der Waals surface area contributed by atoms with Crippen molar-refractivity contribution in [2.45, 2.75) is 19.4 Å². The van der Waals surface area contributed by atoms with Gasteiger partial charge in [0.15, 0.2) is 5.69 Å². The van der Waals surface area contributed by atoms with Gasteiger partial charge in [-0.05, 0) is 25.5 Å². The number of nitrogens with one attached hydrogen (secondary N) is 2. The predicted molar refractivity (Wildman–Crippen MR) is 143 cm³/mol. The van der Waals surface area contributed by atoms with Gasteiger partial charge in [0.2, 0.25) is 5.91 Å². The van der Waals surface area contributed by atoms with Crippen LogP contribution in [0, 0.1) is 6.92 Å². The minimum Gasteiger partial charge on any atom is -0.385 e. The maximum Gasteiger partial charge on any atom is 0.278 e. The van der Waals surface area contributed by atoms with Crippen LogP contribution >= 0.6 is 0 Å². The van der Waals surface area contributed by atoms with Crippen LogP contribution in [0.5, 0.6) is 0 Å². The van der Waals surface area contributed by atoms with Crippen LogP contribution < -0.4 is 10.6 Å². The number of carbonyl (C=O) groups excluding carboxylic acids is 2. The fraction of sp³-hybridized carbons (Fsp3) is 0.385. The molecule has 4 aromatic heterocycles. The molecule has 1 aliphatic heterocycles. The number of hydrogen-bond donors (Lipinski definition) is 2. The molecule has 0 spiro atoms. The molecular formula is C26H31N9O4. The molecule has 4 aromatic rings. The molecule has 1 aliphatic rings. The summed E-state index contributed by atoms with van der Waals surface area (Å²) in [5.41, 5.74) is 4.13. The molecule has 0 radical (unpaired) electrons. The van der Waals surface area contributed by atoms with E-state index in [1.807, 2.05) is 19.3 Å². The van der Waals surface area contributed by atoms with Crippen LogP contribution in [-0.4, -0.2) is 92.4 Å². The Morgan fingerprint density at radius 2 is 2.05 bits per heavy atom. The first-order valence-corrected chi connectivity index (χ1v) is 12.6. The van der Waals surface area contributed by atoms with Gasteiger partial charge in [-0.3, -0.25) is 24.2 Å². The minimum absolute atomic E-state index is 0.0461. The third kappa shape index (κ3) is 6.28. The highest BCUT2D eigenvalue weighted by atomic mass is 16.5. The number of aryl methyl sites for hydroxylation is 2. The van der Waals surface area contributed by atoms with Gasteiger partial charge in [0, 0.05) is 57.4 Å².